The smallest absolute Gasteiger partial charge is 0.274 e. The van der Waals surface area contributed by atoms with Crippen LogP contribution < -0.4 is 9.64 Å². The fraction of sp³-hybridized carbons (Fsp3) is 0.111. The van der Waals surface area contributed by atoms with Gasteiger partial charge >= 0.3 is 0 Å². The highest BCUT2D eigenvalue weighted by molar-refractivity contribution is 7.20. The molecule has 25 heavy (non-hydrogen) atoms. The number of terminal acetylenes is 1. The third-order valence-electron chi connectivity index (χ3n) is 3.36. The summed E-state index contributed by atoms with van der Waals surface area (Å²) in [6.45, 7) is -0.185. The van der Waals surface area contributed by atoms with E-state index in [-0.39, 0.29) is 24.9 Å². The van der Waals surface area contributed by atoms with E-state index in [2.05, 4.69) is 10.9 Å². The summed E-state index contributed by atoms with van der Waals surface area (Å²) >= 11 is 7.37. The highest BCUT2D eigenvalue weighted by atomic mass is 35.5. The number of carbonyl (C=O) groups is 1. The first-order chi connectivity index (χ1) is 12.1. The van der Waals surface area contributed by atoms with Gasteiger partial charge in [-0.3, -0.25) is 9.69 Å². The molecule has 3 rings (SSSR count). The Hall–Kier alpha value is -2.62. The van der Waals surface area contributed by atoms with Crippen LogP contribution in [0.4, 0.5) is 10.1 Å². The third-order valence-corrected chi connectivity index (χ3v) is 4.80. The molecular formula is C18H12ClFN2O2S. The summed E-state index contributed by atoms with van der Waals surface area (Å²) in [6.07, 6.45) is 5.33. The van der Waals surface area contributed by atoms with Gasteiger partial charge in [-0.1, -0.05) is 34.9 Å². The molecule has 0 spiro atoms. The van der Waals surface area contributed by atoms with Gasteiger partial charge in [0.2, 0.25) is 0 Å². The number of thiazole rings is 1. The number of ether oxygens (including phenoxy) is 1. The molecule has 126 valence electrons. The molecular weight excluding hydrogens is 363 g/mol. The average molecular weight is 375 g/mol. The fourth-order valence-electron chi connectivity index (χ4n) is 2.19. The number of carbonyl (C=O) groups excluding carboxylic acids is 1. The number of hydrogen-bond acceptors (Lipinski definition) is 4. The van der Waals surface area contributed by atoms with Crippen LogP contribution in [-0.2, 0) is 4.79 Å². The van der Waals surface area contributed by atoms with Crippen LogP contribution in [0, 0.1) is 18.2 Å². The van der Waals surface area contributed by atoms with Gasteiger partial charge in [-0.2, -0.15) is 0 Å². The maximum Gasteiger partial charge on any atom is 0.274 e. The largest absolute Gasteiger partial charge is 0.460 e. The molecule has 0 aliphatic rings. The fourth-order valence-corrected chi connectivity index (χ4v) is 3.30. The molecule has 0 saturated heterocycles. The van der Waals surface area contributed by atoms with Crippen molar-refractivity contribution in [1.82, 2.24) is 4.98 Å². The van der Waals surface area contributed by atoms with E-state index in [9.17, 15) is 9.18 Å². The quantitative estimate of drug-likeness (QED) is 0.630. The van der Waals surface area contributed by atoms with Crippen molar-refractivity contribution in [2.75, 3.05) is 18.1 Å². The molecule has 0 saturated carbocycles. The molecule has 0 atom stereocenters. The van der Waals surface area contributed by atoms with Gasteiger partial charge in [-0.25, -0.2) is 9.37 Å². The molecule has 1 aromatic heterocycles. The van der Waals surface area contributed by atoms with Crippen LogP contribution in [-0.4, -0.2) is 24.0 Å². The Labute approximate surface area is 152 Å². The van der Waals surface area contributed by atoms with Gasteiger partial charge in [-0.15, -0.1) is 6.42 Å². The molecule has 0 bridgehead atoms. The lowest BCUT2D eigenvalue weighted by Gasteiger charge is -2.20. The minimum absolute atomic E-state index is 0.0551. The topological polar surface area (TPSA) is 42.4 Å². The summed E-state index contributed by atoms with van der Waals surface area (Å²) < 4.78 is 19.3. The van der Waals surface area contributed by atoms with Crippen molar-refractivity contribution in [3.63, 3.8) is 0 Å². The molecule has 2 aromatic carbocycles. The second-order valence-electron chi connectivity index (χ2n) is 5.02. The molecule has 0 unspecified atom stereocenters. The van der Waals surface area contributed by atoms with E-state index in [1.54, 1.807) is 12.1 Å². The Morgan fingerprint density at radius 3 is 2.76 bits per heavy atom. The molecule has 0 fully saturated rings. The first-order valence-electron chi connectivity index (χ1n) is 7.25. The van der Waals surface area contributed by atoms with Crippen molar-refractivity contribution >= 4 is 44.7 Å². The van der Waals surface area contributed by atoms with Crippen molar-refractivity contribution < 1.29 is 13.9 Å². The number of hydrogen-bond donors (Lipinski definition) is 0. The summed E-state index contributed by atoms with van der Waals surface area (Å²) in [5.74, 6) is 1.67. The average Bonchev–Trinajstić information content (AvgIpc) is 3.03. The zero-order chi connectivity index (χ0) is 17.8. The van der Waals surface area contributed by atoms with Gasteiger partial charge in [0.25, 0.3) is 11.1 Å². The number of amides is 1. The minimum atomic E-state index is -0.389. The molecule has 0 radical (unpaired) electrons. The molecule has 3 aromatic rings. The molecule has 1 heterocycles. The van der Waals surface area contributed by atoms with E-state index in [1.807, 2.05) is 6.07 Å². The van der Waals surface area contributed by atoms with E-state index < -0.39 is 0 Å². The highest BCUT2D eigenvalue weighted by Crippen LogP contribution is 2.33. The number of nitrogens with zero attached hydrogens (tertiary/aromatic N) is 2. The van der Waals surface area contributed by atoms with Crippen LogP contribution in [0.15, 0.2) is 42.5 Å². The third kappa shape index (κ3) is 3.90. The van der Waals surface area contributed by atoms with Gasteiger partial charge in [0.05, 0.1) is 21.8 Å². The number of rotatable bonds is 5. The Morgan fingerprint density at radius 2 is 2.08 bits per heavy atom. The van der Waals surface area contributed by atoms with Crippen LogP contribution in [0.1, 0.15) is 0 Å². The van der Waals surface area contributed by atoms with Crippen LogP contribution in [0.25, 0.3) is 10.2 Å². The maximum absolute atomic E-state index is 13.1. The van der Waals surface area contributed by atoms with E-state index >= 15 is 0 Å². The normalized spacial score (nSPS) is 10.4. The molecule has 0 aliphatic carbocycles. The Bertz CT molecular complexity index is 950. The van der Waals surface area contributed by atoms with E-state index in [0.29, 0.717) is 21.4 Å². The Morgan fingerprint density at radius 1 is 1.32 bits per heavy atom. The second kappa shape index (κ2) is 7.51. The van der Waals surface area contributed by atoms with Crippen molar-refractivity contribution in [3.8, 4) is 17.5 Å². The Balaban J connectivity index is 1.73. The van der Waals surface area contributed by atoms with Gasteiger partial charge in [0.15, 0.2) is 6.61 Å². The number of aromatic nitrogens is 1. The van der Waals surface area contributed by atoms with Crippen LogP contribution >= 0.6 is 22.9 Å². The number of benzene rings is 2. The van der Waals surface area contributed by atoms with E-state index in [1.165, 1.54) is 40.5 Å². The summed E-state index contributed by atoms with van der Waals surface area (Å²) in [6, 6.07) is 10.9. The first-order valence-corrected chi connectivity index (χ1v) is 8.45. The van der Waals surface area contributed by atoms with Gasteiger partial charge in [0, 0.05) is 5.69 Å². The van der Waals surface area contributed by atoms with E-state index in [4.69, 9.17) is 22.8 Å². The minimum Gasteiger partial charge on any atom is -0.460 e. The van der Waals surface area contributed by atoms with Crippen molar-refractivity contribution in [2.45, 2.75) is 0 Å². The van der Waals surface area contributed by atoms with Crippen LogP contribution in [0.2, 0.25) is 5.02 Å². The van der Waals surface area contributed by atoms with Gasteiger partial charge in [0.1, 0.15) is 5.82 Å². The predicted molar refractivity (Wildman–Crippen MR) is 97.7 cm³/mol. The molecule has 0 N–H and O–H groups in total. The lowest BCUT2D eigenvalue weighted by atomic mass is 10.2. The predicted octanol–water partition coefficient (Wildman–Crippen LogP) is 4.13. The molecule has 0 aliphatic heterocycles. The summed E-state index contributed by atoms with van der Waals surface area (Å²) in [7, 11) is 0. The summed E-state index contributed by atoms with van der Waals surface area (Å²) in [5.41, 5.74) is 1.21. The van der Waals surface area contributed by atoms with Crippen LogP contribution in [0.5, 0.6) is 5.19 Å². The number of halogens is 2. The monoisotopic (exact) mass is 374 g/mol. The number of anilines is 1. The zero-order valence-corrected chi connectivity index (χ0v) is 14.5. The highest BCUT2D eigenvalue weighted by Gasteiger charge is 2.17. The van der Waals surface area contributed by atoms with E-state index in [0.717, 1.165) is 4.70 Å². The summed E-state index contributed by atoms with van der Waals surface area (Å²) in [4.78, 5) is 18.1. The van der Waals surface area contributed by atoms with Gasteiger partial charge < -0.3 is 4.74 Å². The first kappa shape index (κ1) is 17.2. The Kier molecular flexibility index (Phi) is 5.17. The second-order valence-corrected chi connectivity index (χ2v) is 6.39. The van der Waals surface area contributed by atoms with Crippen LogP contribution in [0.3, 0.4) is 0 Å². The molecule has 1 amide bonds. The maximum atomic E-state index is 13.1. The van der Waals surface area contributed by atoms with Crippen molar-refractivity contribution in [3.05, 3.63) is 53.3 Å². The SMILES string of the molecule is C#CCN(C(=O)COc1nc2cccc(Cl)c2s1)c1ccc(F)cc1. The number of fused-ring (bicyclic) bond motifs is 1. The molecule has 7 heteroatoms. The zero-order valence-electron chi connectivity index (χ0n) is 12.9. The standard InChI is InChI=1S/C18H12ClFN2O2S/c1-2-10-22(13-8-6-12(20)7-9-13)16(23)11-24-18-21-15-5-3-4-14(19)17(15)25-18/h1,3-9H,10-11H2. The lowest BCUT2D eigenvalue weighted by Crippen LogP contribution is -2.35. The summed E-state index contributed by atoms with van der Waals surface area (Å²) in [5, 5.41) is 0.924. The lowest BCUT2D eigenvalue weighted by molar-refractivity contribution is -0.120. The van der Waals surface area contributed by atoms with Crippen molar-refractivity contribution in [2.24, 2.45) is 0 Å². The molecule has 4 nitrogen and oxygen atoms in total. The van der Waals surface area contributed by atoms with Gasteiger partial charge in [-0.05, 0) is 36.4 Å². The van der Waals surface area contributed by atoms with Crippen molar-refractivity contribution in [1.29, 1.82) is 0 Å².